The number of allylic oxidation sites excluding steroid dienone is 3. The number of carbonyl (C=O) groups excluding carboxylic acids is 2. The molecule has 0 aromatic heterocycles. The van der Waals surface area contributed by atoms with E-state index in [2.05, 4.69) is 19.6 Å². The van der Waals surface area contributed by atoms with Gasteiger partial charge in [0.1, 0.15) is 6.61 Å². The van der Waals surface area contributed by atoms with E-state index in [1.54, 1.807) is 0 Å². The van der Waals surface area contributed by atoms with Crippen LogP contribution in [-0.4, -0.2) is 49.3 Å². The Bertz CT molecular complexity index is 884. The maximum absolute atomic E-state index is 12.5. The van der Waals surface area contributed by atoms with Crippen LogP contribution in [-0.2, 0) is 32.7 Å². The largest absolute Gasteiger partial charge is 0.472 e. The Labute approximate surface area is 312 Å². The highest BCUT2D eigenvalue weighted by Crippen LogP contribution is 2.43. The number of hydrogen-bond acceptors (Lipinski definition) is 8. The summed E-state index contributed by atoms with van der Waals surface area (Å²) in [6.07, 6.45) is 38.2. The second-order valence-corrected chi connectivity index (χ2v) is 15.4. The van der Waals surface area contributed by atoms with Gasteiger partial charge < -0.3 is 20.1 Å². The summed E-state index contributed by atoms with van der Waals surface area (Å²) >= 11 is 0. The third-order valence-electron chi connectivity index (χ3n) is 8.97. The Morgan fingerprint density at radius 1 is 0.627 bits per heavy atom. The Balaban J connectivity index is 4.18. The number of nitrogens with two attached hydrogens (primary N) is 1. The predicted molar refractivity (Wildman–Crippen MR) is 211 cm³/mol. The first kappa shape index (κ1) is 49.5. The second kappa shape index (κ2) is 38.2. The van der Waals surface area contributed by atoms with E-state index in [0.29, 0.717) is 12.8 Å². The lowest BCUT2D eigenvalue weighted by atomic mass is 10.0. The van der Waals surface area contributed by atoms with E-state index in [-0.39, 0.29) is 32.6 Å². The van der Waals surface area contributed by atoms with Gasteiger partial charge in [-0.3, -0.25) is 18.6 Å². The van der Waals surface area contributed by atoms with E-state index < -0.39 is 32.5 Å². The van der Waals surface area contributed by atoms with Crippen molar-refractivity contribution in [2.75, 3.05) is 26.4 Å². The molecule has 9 nitrogen and oxygen atoms in total. The fraction of sp³-hybridized carbons (Fsp3) is 0.854. The number of esters is 2. The van der Waals surface area contributed by atoms with Crippen molar-refractivity contribution >= 4 is 19.8 Å². The molecule has 0 aliphatic carbocycles. The van der Waals surface area contributed by atoms with Gasteiger partial charge >= 0.3 is 19.8 Å². The number of phosphoric ester groups is 1. The van der Waals surface area contributed by atoms with E-state index in [1.807, 2.05) is 12.2 Å². The van der Waals surface area contributed by atoms with Crippen LogP contribution in [0.25, 0.3) is 0 Å². The predicted octanol–water partition coefficient (Wildman–Crippen LogP) is 11.6. The van der Waals surface area contributed by atoms with Gasteiger partial charge in [-0.05, 0) is 38.5 Å². The Hall–Kier alpha value is -1.51. The van der Waals surface area contributed by atoms with Crippen LogP contribution in [0.15, 0.2) is 24.8 Å². The topological polar surface area (TPSA) is 134 Å². The molecule has 0 spiro atoms. The molecule has 0 saturated carbocycles. The first-order valence-electron chi connectivity index (χ1n) is 20.8. The molecule has 0 aromatic rings. The maximum Gasteiger partial charge on any atom is 0.472 e. The van der Waals surface area contributed by atoms with Gasteiger partial charge in [0.15, 0.2) is 6.10 Å². The van der Waals surface area contributed by atoms with Crippen molar-refractivity contribution in [2.24, 2.45) is 5.73 Å². The SMILES string of the molecule is C=CCCCCCCCCCCCCCCCC(=O)O[C@H](COC(=O)CC/C=C/CCCCCCCCCCCCC)COP(=O)(O)OCCN. The average molecular weight is 744 g/mol. The van der Waals surface area contributed by atoms with Crippen LogP contribution in [0, 0.1) is 0 Å². The van der Waals surface area contributed by atoms with Gasteiger partial charge in [0.05, 0.1) is 13.2 Å². The van der Waals surface area contributed by atoms with Crippen molar-refractivity contribution in [2.45, 2.75) is 199 Å². The standard InChI is InChI=1S/C41H78NO8P/c1-3-5-7-9-11-13-15-17-19-21-23-25-27-29-31-33-40(43)47-37-39(38-49-51(45,46)48-36-35-42)50-41(44)34-32-30-28-26-24-22-20-18-16-14-12-10-8-6-4-2/h4,27,29,39H,2-3,5-26,28,30-38,42H2,1H3,(H,45,46)/b29-27+/t39-/m1/s1. The molecular formula is C41H78NO8P. The van der Waals surface area contributed by atoms with Gasteiger partial charge in [-0.2, -0.15) is 0 Å². The number of carbonyl (C=O) groups is 2. The Morgan fingerprint density at radius 3 is 1.61 bits per heavy atom. The van der Waals surface area contributed by atoms with E-state index >= 15 is 0 Å². The molecule has 51 heavy (non-hydrogen) atoms. The fourth-order valence-electron chi connectivity index (χ4n) is 5.87. The Kier molecular flexibility index (Phi) is 37.1. The minimum Gasteiger partial charge on any atom is -0.462 e. The van der Waals surface area contributed by atoms with Crippen molar-refractivity contribution in [1.82, 2.24) is 0 Å². The quantitative estimate of drug-likeness (QED) is 0.0272. The van der Waals surface area contributed by atoms with Crippen molar-refractivity contribution in [3.05, 3.63) is 24.8 Å². The lowest BCUT2D eigenvalue weighted by Gasteiger charge is -2.19. The van der Waals surface area contributed by atoms with E-state index in [9.17, 15) is 19.0 Å². The van der Waals surface area contributed by atoms with E-state index in [1.165, 1.54) is 122 Å². The zero-order valence-electron chi connectivity index (χ0n) is 32.7. The normalized spacial score (nSPS) is 13.3. The van der Waals surface area contributed by atoms with Gasteiger partial charge in [-0.15, -0.1) is 6.58 Å². The fourth-order valence-corrected chi connectivity index (χ4v) is 6.63. The van der Waals surface area contributed by atoms with Gasteiger partial charge in [-0.1, -0.05) is 160 Å². The first-order valence-corrected chi connectivity index (χ1v) is 22.3. The monoisotopic (exact) mass is 744 g/mol. The van der Waals surface area contributed by atoms with Crippen LogP contribution in [0.2, 0.25) is 0 Å². The third kappa shape index (κ3) is 38.0. The summed E-state index contributed by atoms with van der Waals surface area (Å²) in [5, 5.41) is 0. The van der Waals surface area contributed by atoms with E-state index in [0.717, 1.165) is 38.5 Å². The molecule has 10 heteroatoms. The van der Waals surface area contributed by atoms with Crippen molar-refractivity contribution in [1.29, 1.82) is 0 Å². The molecule has 0 aromatic carbocycles. The summed E-state index contributed by atoms with van der Waals surface area (Å²) in [4.78, 5) is 34.8. The summed E-state index contributed by atoms with van der Waals surface area (Å²) < 4.78 is 32.7. The van der Waals surface area contributed by atoms with Gasteiger partial charge in [0, 0.05) is 19.4 Å². The van der Waals surface area contributed by atoms with Crippen LogP contribution in [0.4, 0.5) is 0 Å². The lowest BCUT2D eigenvalue weighted by molar-refractivity contribution is -0.161. The highest BCUT2D eigenvalue weighted by atomic mass is 31.2. The molecule has 0 aliphatic heterocycles. The molecule has 3 N–H and O–H groups in total. The Morgan fingerprint density at radius 2 is 1.10 bits per heavy atom. The van der Waals surface area contributed by atoms with Crippen LogP contribution >= 0.6 is 7.82 Å². The molecule has 300 valence electrons. The molecule has 2 atom stereocenters. The molecule has 0 radical (unpaired) electrons. The average Bonchev–Trinajstić information content (AvgIpc) is 3.11. The highest BCUT2D eigenvalue weighted by molar-refractivity contribution is 7.47. The van der Waals surface area contributed by atoms with Crippen LogP contribution < -0.4 is 5.73 Å². The number of unbranched alkanes of at least 4 members (excludes halogenated alkanes) is 24. The van der Waals surface area contributed by atoms with Crippen molar-refractivity contribution in [3.63, 3.8) is 0 Å². The molecule has 0 bridgehead atoms. The minimum absolute atomic E-state index is 0.0502. The maximum atomic E-state index is 12.5. The minimum atomic E-state index is -4.38. The summed E-state index contributed by atoms with van der Waals surface area (Å²) in [6.45, 7) is 5.22. The third-order valence-corrected chi connectivity index (χ3v) is 9.95. The first-order chi connectivity index (χ1) is 24.8. The highest BCUT2D eigenvalue weighted by Gasteiger charge is 2.25. The molecule has 1 unspecified atom stereocenters. The zero-order chi connectivity index (χ0) is 37.5. The van der Waals surface area contributed by atoms with Crippen LogP contribution in [0.1, 0.15) is 193 Å². The summed E-state index contributed by atoms with van der Waals surface area (Å²) in [6, 6.07) is 0. The number of hydrogen-bond donors (Lipinski definition) is 2. The van der Waals surface area contributed by atoms with Gasteiger partial charge in [0.25, 0.3) is 0 Å². The molecule has 0 rings (SSSR count). The van der Waals surface area contributed by atoms with Gasteiger partial charge in [-0.25, -0.2) is 4.57 Å². The van der Waals surface area contributed by atoms with Crippen LogP contribution in [0.3, 0.4) is 0 Å². The summed E-state index contributed by atoms with van der Waals surface area (Å²) in [7, 11) is -4.38. The zero-order valence-corrected chi connectivity index (χ0v) is 33.6. The lowest BCUT2D eigenvalue weighted by Crippen LogP contribution is -2.29. The van der Waals surface area contributed by atoms with Gasteiger partial charge in [0.2, 0.25) is 0 Å². The second-order valence-electron chi connectivity index (χ2n) is 13.9. The summed E-state index contributed by atoms with van der Waals surface area (Å²) in [5.74, 6) is -0.883. The smallest absolute Gasteiger partial charge is 0.462 e. The molecule has 0 heterocycles. The number of phosphoric acid groups is 1. The number of ether oxygens (including phenoxy) is 2. The molecule has 0 saturated heterocycles. The van der Waals surface area contributed by atoms with E-state index in [4.69, 9.17) is 24.3 Å². The molecule has 0 amide bonds. The molecular weight excluding hydrogens is 665 g/mol. The van der Waals surface area contributed by atoms with Crippen LogP contribution in [0.5, 0.6) is 0 Å². The molecule has 0 fully saturated rings. The summed E-state index contributed by atoms with van der Waals surface area (Å²) in [5.41, 5.74) is 5.34. The van der Waals surface area contributed by atoms with Crippen molar-refractivity contribution in [3.8, 4) is 0 Å². The molecule has 0 aliphatic rings. The van der Waals surface area contributed by atoms with Crippen molar-refractivity contribution < 1.29 is 37.6 Å². The number of rotatable bonds is 40.